The Kier molecular flexibility index (Phi) is 3.92. The van der Waals surface area contributed by atoms with Crippen molar-refractivity contribution in [3.05, 3.63) is 58.7 Å². The summed E-state index contributed by atoms with van der Waals surface area (Å²) in [5.74, 6) is 0.599. The number of hydrogen-bond acceptors (Lipinski definition) is 4. The number of aromatic nitrogens is 4. The van der Waals surface area contributed by atoms with Crippen molar-refractivity contribution < 1.29 is 4.79 Å². The minimum absolute atomic E-state index is 0.212. The van der Waals surface area contributed by atoms with Gasteiger partial charge in [0.05, 0.1) is 0 Å². The second-order valence-corrected chi connectivity index (χ2v) is 5.24. The minimum atomic E-state index is -0.212. The van der Waals surface area contributed by atoms with Crippen LogP contribution in [0.3, 0.4) is 0 Å². The molecule has 0 aliphatic rings. The lowest BCUT2D eigenvalue weighted by atomic mass is 10.3. The molecule has 3 rings (SSSR count). The van der Waals surface area contributed by atoms with Crippen molar-refractivity contribution in [3.63, 3.8) is 0 Å². The van der Waals surface area contributed by atoms with Crippen LogP contribution in [0, 0.1) is 0 Å². The number of nitrogens with zero attached hydrogens (tertiary/aromatic N) is 4. The van der Waals surface area contributed by atoms with E-state index in [1.165, 1.54) is 0 Å². The van der Waals surface area contributed by atoms with Crippen molar-refractivity contribution in [2.24, 2.45) is 0 Å². The molecule has 0 saturated heterocycles. The molecule has 6 nitrogen and oxygen atoms in total. The van der Waals surface area contributed by atoms with Gasteiger partial charge >= 0.3 is 0 Å². The normalized spacial score (nSPS) is 10.7. The summed E-state index contributed by atoms with van der Waals surface area (Å²) in [6.07, 6.45) is 4.09. The summed E-state index contributed by atoms with van der Waals surface area (Å²) in [5, 5.41) is 11.0. The Balaban J connectivity index is 1.64. The van der Waals surface area contributed by atoms with Gasteiger partial charge in [0, 0.05) is 29.8 Å². The SMILES string of the molecule is O=C(NCCc1nnc2ccccn12)c1ncccc1Br. The number of rotatable bonds is 4. The maximum atomic E-state index is 12.0. The molecule has 0 spiro atoms. The van der Waals surface area contributed by atoms with Crippen LogP contribution < -0.4 is 5.32 Å². The molecule has 0 aromatic carbocycles. The Morgan fingerprint density at radius 1 is 1.24 bits per heavy atom. The summed E-state index contributed by atoms with van der Waals surface area (Å²) in [7, 11) is 0. The fourth-order valence-corrected chi connectivity index (χ4v) is 2.42. The summed E-state index contributed by atoms with van der Waals surface area (Å²) in [6.45, 7) is 0.470. The smallest absolute Gasteiger partial charge is 0.271 e. The van der Waals surface area contributed by atoms with Crippen molar-refractivity contribution in [2.75, 3.05) is 6.54 Å². The molecule has 0 fully saturated rings. The van der Waals surface area contributed by atoms with Gasteiger partial charge in [-0.2, -0.15) is 0 Å². The van der Waals surface area contributed by atoms with Crippen molar-refractivity contribution in [1.82, 2.24) is 24.9 Å². The average Bonchev–Trinajstić information content (AvgIpc) is 2.91. The summed E-state index contributed by atoms with van der Waals surface area (Å²) < 4.78 is 2.58. The first-order valence-electron chi connectivity index (χ1n) is 6.43. The molecule has 1 amide bonds. The Bertz CT molecular complexity index is 786. The van der Waals surface area contributed by atoms with Crippen molar-refractivity contribution in [1.29, 1.82) is 0 Å². The monoisotopic (exact) mass is 345 g/mol. The van der Waals surface area contributed by atoms with Crippen LogP contribution in [0.25, 0.3) is 5.65 Å². The van der Waals surface area contributed by atoms with Crippen LogP contribution in [0.15, 0.2) is 47.2 Å². The fraction of sp³-hybridized carbons (Fsp3) is 0.143. The maximum absolute atomic E-state index is 12.0. The van der Waals surface area contributed by atoms with Gasteiger partial charge in [0.2, 0.25) is 0 Å². The summed E-state index contributed by atoms with van der Waals surface area (Å²) >= 11 is 3.31. The molecule has 0 aliphatic heterocycles. The molecule has 0 saturated carbocycles. The predicted octanol–water partition coefficient (Wildman–Crippen LogP) is 1.86. The maximum Gasteiger partial charge on any atom is 0.271 e. The molecule has 3 aromatic rings. The zero-order valence-electron chi connectivity index (χ0n) is 11.0. The van der Waals surface area contributed by atoms with Gasteiger partial charge in [-0.3, -0.25) is 9.20 Å². The molecule has 0 aliphatic carbocycles. The number of amides is 1. The van der Waals surface area contributed by atoms with E-state index in [4.69, 9.17) is 0 Å². The molecule has 3 heterocycles. The Labute approximate surface area is 129 Å². The van der Waals surface area contributed by atoms with Gasteiger partial charge in [-0.15, -0.1) is 10.2 Å². The third-order valence-corrected chi connectivity index (χ3v) is 3.63. The number of carbonyl (C=O) groups excluding carboxylic acids is 1. The van der Waals surface area contributed by atoms with E-state index in [2.05, 4.69) is 36.4 Å². The highest BCUT2D eigenvalue weighted by Gasteiger charge is 2.11. The van der Waals surface area contributed by atoms with E-state index >= 15 is 0 Å². The molecule has 0 bridgehead atoms. The molecule has 21 heavy (non-hydrogen) atoms. The van der Waals surface area contributed by atoms with Crippen molar-refractivity contribution >= 4 is 27.5 Å². The van der Waals surface area contributed by atoms with Crippen LogP contribution in [0.4, 0.5) is 0 Å². The molecular weight excluding hydrogens is 334 g/mol. The molecular formula is C14H12BrN5O. The van der Waals surface area contributed by atoms with E-state index in [9.17, 15) is 4.79 Å². The molecule has 0 radical (unpaired) electrons. The first-order valence-corrected chi connectivity index (χ1v) is 7.22. The number of halogens is 1. The highest BCUT2D eigenvalue weighted by molar-refractivity contribution is 9.10. The molecule has 1 N–H and O–H groups in total. The lowest BCUT2D eigenvalue weighted by Crippen LogP contribution is -2.27. The number of fused-ring (bicyclic) bond motifs is 1. The van der Waals surface area contributed by atoms with E-state index in [0.717, 1.165) is 11.5 Å². The number of nitrogens with one attached hydrogen (secondary N) is 1. The lowest BCUT2D eigenvalue weighted by molar-refractivity contribution is 0.0948. The zero-order valence-corrected chi connectivity index (χ0v) is 12.6. The van der Waals surface area contributed by atoms with Crippen LogP contribution in [-0.2, 0) is 6.42 Å². The van der Waals surface area contributed by atoms with Crippen LogP contribution in [0.5, 0.6) is 0 Å². The van der Waals surface area contributed by atoms with Gasteiger partial charge in [0.15, 0.2) is 5.65 Å². The third kappa shape index (κ3) is 2.92. The largest absolute Gasteiger partial charge is 0.350 e. The van der Waals surface area contributed by atoms with Gasteiger partial charge < -0.3 is 5.32 Å². The van der Waals surface area contributed by atoms with E-state index in [1.807, 2.05) is 28.8 Å². The molecule has 0 atom stereocenters. The Morgan fingerprint density at radius 3 is 3.00 bits per heavy atom. The van der Waals surface area contributed by atoms with Gasteiger partial charge in [-0.1, -0.05) is 6.07 Å². The van der Waals surface area contributed by atoms with Crippen molar-refractivity contribution in [2.45, 2.75) is 6.42 Å². The van der Waals surface area contributed by atoms with Gasteiger partial charge in [-0.05, 0) is 40.2 Å². The lowest BCUT2D eigenvalue weighted by Gasteiger charge is -2.05. The quantitative estimate of drug-likeness (QED) is 0.783. The van der Waals surface area contributed by atoms with Crippen LogP contribution in [0.1, 0.15) is 16.3 Å². The standard InChI is InChI=1S/C14H12BrN5O/c15-10-4-3-7-16-13(10)14(21)17-8-6-12-19-18-11-5-1-2-9-20(11)12/h1-5,7,9H,6,8H2,(H,17,21). The first-order chi connectivity index (χ1) is 10.3. The summed E-state index contributed by atoms with van der Waals surface area (Å²) in [5.41, 5.74) is 1.18. The average molecular weight is 346 g/mol. The highest BCUT2D eigenvalue weighted by atomic mass is 79.9. The summed E-state index contributed by atoms with van der Waals surface area (Å²) in [6, 6.07) is 9.27. The Hall–Kier alpha value is -2.28. The minimum Gasteiger partial charge on any atom is -0.350 e. The van der Waals surface area contributed by atoms with E-state index in [0.29, 0.717) is 23.1 Å². The third-order valence-electron chi connectivity index (χ3n) is 2.99. The van der Waals surface area contributed by atoms with Crippen LogP contribution in [-0.4, -0.2) is 32.0 Å². The number of hydrogen-bond donors (Lipinski definition) is 1. The van der Waals surface area contributed by atoms with Crippen molar-refractivity contribution in [3.8, 4) is 0 Å². The van der Waals surface area contributed by atoms with Gasteiger partial charge in [0.1, 0.15) is 11.5 Å². The molecule has 0 unspecified atom stereocenters. The van der Waals surface area contributed by atoms with Gasteiger partial charge in [-0.25, -0.2) is 4.98 Å². The number of pyridine rings is 2. The molecule has 3 aromatic heterocycles. The van der Waals surface area contributed by atoms with Gasteiger partial charge in [0.25, 0.3) is 5.91 Å². The molecule has 7 heteroatoms. The van der Waals surface area contributed by atoms with E-state index in [1.54, 1.807) is 18.3 Å². The fourth-order valence-electron chi connectivity index (χ4n) is 1.99. The summed E-state index contributed by atoms with van der Waals surface area (Å²) in [4.78, 5) is 16.1. The van der Waals surface area contributed by atoms with Crippen LogP contribution >= 0.6 is 15.9 Å². The Morgan fingerprint density at radius 2 is 2.14 bits per heavy atom. The topological polar surface area (TPSA) is 72.2 Å². The number of carbonyl (C=O) groups is 1. The second-order valence-electron chi connectivity index (χ2n) is 4.38. The second kappa shape index (κ2) is 6.01. The van der Waals surface area contributed by atoms with Crippen LogP contribution in [0.2, 0.25) is 0 Å². The zero-order chi connectivity index (χ0) is 14.7. The predicted molar refractivity (Wildman–Crippen MR) is 81.0 cm³/mol. The highest BCUT2D eigenvalue weighted by Crippen LogP contribution is 2.12. The van der Waals surface area contributed by atoms with E-state index < -0.39 is 0 Å². The molecule has 106 valence electrons. The van der Waals surface area contributed by atoms with E-state index in [-0.39, 0.29) is 5.91 Å². The first kappa shape index (κ1) is 13.7.